The van der Waals surface area contributed by atoms with Gasteiger partial charge in [0.1, 0.15) is 5.75 Å². The maximum atomic E-state index is 12.5. The average molecular weight is 401 g/mol. The van der Waals surface area contributed by atoms with Crippen LogP contribution in [0.2, 0.25) is 0 Å². The van der Waals surface area contributed by atoms with Gasteiger partial charge in [-0.3, -0.25) is 9.89 Å². The van der Waals surface area contributed by atoms with Gasteiger partial charge in [0.15, 0.2) is 5.82 Å². The van der Waals surface area contributed by atoms with Crippen molar-refractivity contribution in [2.24, 2.45) is 0 Å². The molecule has 0 spiro atoms. The normalized spacial score (nSPS) is 10.9. The van der Waals surface area contributed by atoms with Gasteiger partial charge in [-0.25, -0.2) is 4.98 Å². The molecule has 152 valence electrons. The van der Waals surface area contributed by atoms with Crippen LogP contribution < -0.4 is 15.6 Å². The Hall–Kier alpha value is -3.87. The fraction of sp³-hybridized carbons (Fsp3) is 0.174. The Morgan fingerprint density at radius 3 is 2.67 bits per heavy atom. The molecule has 4 rings (SSSR count). The van der Waals surface area contributed by atoms with Gasteiger partial charge in [0.2, 0.25) is 0 Å². The van der Waals surface area contributed by atoms with E-state index in [1.807, 2.05) is 42.5 Å². The summed E-state index contributed by atoms with van der Waals surface area (Å²) in [6.07, 6.45) is 0.928. The zero-order valence-electron chi connectivity index (χ0n) is 17.0. The number of aryl methyl sites for hydroxylation is 1. The highest BCUT2D eigenvalue weighted by molar-refractivity contribution is 5.58. The largest absolute Gasteiger partial charge is 0.463 e. The minimum absolute atomic E-state index is 0.207. The maximum Gasteiger partial charge on any atom is 0.274 e. The number of hydrogen-bond donors (Lipinski definition) is 2. The molecule has 2 N–H and O–H groups in total. The fourth-order valence-corrected chi connectivity index (χ4v) is 3.22. The number of fused-ring (bicyclic) bond motifs is 1. The number of nitrogens with zero attached hydrogens (tertiary/aromatic N) is 3. The summed E-state index contributed by atoms with van der Waals surface area (Å²) in [7, 11) is 0. The van der Waals surface area contributed by atoms with Gasteiger partial charge >= 0.3 is 0 Å². The number of para-hydroxylation sites is 1. The van der Waals surface area contributed by atoms with Crippen molar-refractivity contribution in [3.8, 4) is 17.1 Å². The van der Waals surface area contributed by atoms with E-state index < -0.39 is 0 Å². The van der Waals surface area contributed by atoms with E-state index >= 15 is 0 Å². The molecule has 0 radical (unpaired) electrons. The number of aromatic nitrogens is 4. The van der Waals surface area contributed by atoms with Crippen molar-refractivity contribution in [2.45, 2.75) is 26.8 Å². The number of anilines is 1. The third-order valence-electron chi connectivity index (χ3n) is 4.66. The van der Waals surface area contributed by atoms with Gasteiger partial charge in [0, 0.05) is 17.3 Å². The minimum atomic E-state index is -0.207. The summed E-state index contributed by atoms with van der Waals surface area (Å²) in [4.78, 5) is 21.6. The van der Waals surface area contributed by atoms with E-state index in [9.17, 15) is 4.79 Å². The van der Waals surface area contributed by atoms with E-state index in [4.69, 9.17) is 4.74 Å². The van der Waals surface area contributed by atoms with E-state index in [2.05, 4.69) is 40.0 Å². The van der Waals surface area contributed by atoms with Crippen molar-refractivity contribution in [2.75, 3.05) is 5.32 Å². The van der Waals surface area contributed by atoms with Gasteiger partial charge in [-0.05, 0) is 49.2 Å². The molecule has 0 aliphatic heterocycles. The third kappa shape index (κ3) is 4.10. The first kappa shape index (κ1) is 19.4. The number of aromatic amines is 1. The molecule has 0 unspecified atom stereocenters. The van der Waals surface area contributed by atoms with Crippen molar-refractivity contribution in [3.63, 3.8) is 0 Å². The number of rotatable bonds is 7. The number of benzene rings is 2. The Labute approximate surface area is 174 Å². The Bertz CT molecular complexity index is 1250. The van der Waals surface area contributed by atoms with Crippen LogP contribution in [0.4, 0.5) is 5.69 Å². The number of ether oxygens (including phenoxy) is 1. The van der Waals surface area contributed by atoms with E-state index in [-0.39, 0.29) is 5.56 Å². The van der Waals surface area contributed by atoms with Crippen LogP contribution in [0.3, 0.4) is 0 Å². The number of allylic oxidation sites excluding steroid dienone is 1. The first-order valence-electron chi connectivity index (χ1n) is 9.78. The topological polar surface area (TPSA) is 84.3 Å². The van der Waals surface area contributed by atoms with Crippen LogP contribution >= 0.6 is 0 Å². The summed E-state index contributed by atoms with van der Waals surface area (Å²) < 4.78 is 6.82. The van der Waals surface area contributed by atoms with E-state index in [0.717, 1.165) is 17.7 Å². The summed E-state index contributed by atoms with van der Waals surface area (Å²) in [5.41, 5.74) is 3.51. The molecule has 0 bridgehead atoms. The fourth-order valence-electron chi connectivity index (χ4n) is 3.22. The Kier molecular flexibility index (Phi) is 5.34. The van der Waals surface area contributed by atoms with Crippen molar-refractivity contribution < 1.29 is 4.74 Å². The van der Waals surface area contributed by atoms with Crippen molar-refractivity contribution in [3.05, 3.63) is 88.5 Å². The molecule has 0 saturated carbocycles. The molecular formula is C23H23N5O2. The molecule has 7 heteroatoms. The SMILES string of the molecule is C=C(C)Oc1ccc(-c2nc3nc(CNc4ccccc4CC)cc(=O)n3[nH]2)cc1. The van der Waals surface area contributed by atoms with Crippen LogP contribution in [0.25, 0.3) is 17.2 Å². The van der Waals surface area contributed by atoms with Gasteiger partial charge in [-0.15, -0.1) is 0 Å². The highest BCUT2D eigenvalue weighted by atomic mass is 16.5. The molecule has 0 aliphatic carbocycles. The molecule has 0 saturated heterocycles. The van der Waals surface area contributed by atoms with Crippen LogP contribution in [-0.2, 0) is 13.0 Å². The number of nitrogens with one attached hydrogen (secondary N) is 2. The Morgan fingerprint density at radius 2 is 1.93 bits per heavy atom. The predicted molar refractivity (Wildman–Crippen MR) is 118 cm³/mol. The van der Waals surface area contributed by atoms with Crippen molar-refractivity contribution in [1.82, 2.24) is 19.6 Å². The number of H-pyrrole nitrogens is 1. The minimum Gasteiger partial charge on any atom is -0.463 e. The molecule has 2 aromatic carbocycles. The quantitative estimate of drug-likeness (QED) is 0.454. The number of hydrogen-bond acceptors (Lipinski definition) is 5. The Morgan fingerprint density at radius 1 is 1.17 bits per heavy atom. The molecule has 4 aromatic rings. The van der Waals surface area contributed by atoms with Gasteiger partial charge in [0.25, 0.3) is 11.3 Å². The molecule has 7 nitrogen and oxygen atoms in total. The standard InChI is InChI=1S/C23H23N5O2/c1-4-16-7-5-6-8-20(16)24-14-18-13-21(29)28-23(25-18)26-22(27-28)17-9-11-19(12-10-17)30-15(2)3/h5-13,24H,2,4,14H2,1,3H3,(H,25,26,27). The highest BCUT2D eigenvalue weighted by Gasteiger charge is 2.10. The highest BCUT2D eigenvalue weighted by Crippen LogP contribution is 2.21. The van der Waals surface area contributed by atoms with Gasteiger partial charge in [0.05, 0.1) is 18.0 Å². The zero-order valence-corrected chi connectivity index (χ0v) is 17.0. The lowest BCUT2D eigenvalue weighted by Crippen LogP contribution is -2.17. The third-order valence-corrected chi connectivity index (χ3v) is 4.66. The van der Waals surface area contributed by atoms with Gasteiger partial charge in [-0.1, -0.05) is 31.7 Å². The molecule has 0 atom stereocenters. The summed E-state index contributed by atoms with van der Waals surface area (Å²) in [5, 5.41) is 6.37. The molecule has 2 heterocycles. The smallest absolute Gasteiger partial charge is 0.274 e. The zero-order chi connectivity index (χ0) is 21.1. The molecule has 2 aromatic heterocycles. The van der Waals surface area contributed by atoms with Gasteiger partial charge in [-0.2, -0.15) is 9.50 Å². The summed E-state index contributed by atoms with van der Waals surface area (Å²) in [6, 6.07) is 17.0. The lowest BCUT2D eigenvalue weighted by molar-refractivity contribution is 0.430. The summed E-state index contributed by atoms with van der Waals surface area (Å²) >= 11 is 0. The van der Waals surface area contributed by atoms with Crippen LogP contribution in [-0.4, -0.2) is 19.6 Å². The lowest BCUT2D eigenvalue weighted by atomic mass is 10.1. The predicted octanol–water partition coefficient (Wildman–Crippen LogP) is 4.17. The first-order valence-corrected chi connectivity index (χ1v) is 9.78. The van der Waals surface area contributed by atoms with Gasteiger partial charge < -0.3 is 10.1 Å². The maximum absolute atomic E-state index is 12.5. The van der Waals surface area contributed by atoms with Crippen LogP contribution in [0.1, 0.15) is 25.1 Å². The molecular weight excluding hydrogens is 378 g/mol. The van der Waals surface area contributed by atoms with E-state index in [1.54, 1.807) is 6.92 Å². The van der Waals surface area contributed by atoms with Crippen LogP contribution in [0, 0.1) is 0 Å². The lowest BCUT2D eigenvalue weighted by Gasteiger charge is -2.10. The molecule has 0 amide bonds. The van der Waals surface area contributed by atoms with Crippen LogP contribution in [0.15, 0.2) is 71.7 Å². The second-order valence-corrected chi connectivity index (χ2v) is 6.99. The van der Waals surface area contributed by atoms with Crippen molar-refractivity contribution >= 4 is 11.5 Å². The molecule has 0 aliphatic rings. The van der Waals surface area contributed by atoms with E-state index in [0.29, 0.717) is 35.3 Å². The molecule has 30 heavy (non-hydrogen) atoms. The Balaban J connectivity index is 1.58. The second-order valence-electron chi connectivity index (χ2n) is 6.99. The first-order chi connectivity index (χ1) is 14.5. The van der Waals surface area contributed by atoms with Crippen LogP contribution in [0.5, 0.6) is 5.75 Å². The summed E-state index contributed by atoms with van der Waals surface area (Å²) in [5.74, 6) is 2.20. The van der Waals surface area contributed by atoms with E-state index in [1.165, 1.54) is 16.1 Å². The monoisotopic (exact) mass is 401 g/mol. The average Bonchev–Trinajstić information content (AvgIpc) is 3.17. The second kappa shape index (κ2) is 8.24. The summed E-state index contributed by atoms with van der Waals surface area (Å²) in [6.45, 7) is 8.07. The molecule has 0 fully saturated rings. The van der Waals surface area contributed by atoms with Crippen molar-refractivity contribution in [1.29, 1.82) is 0 Å².